The Labute approximate surface area is 109 Å². The Morgan fingerprint density at radius 1 is 1.39 bits per heavy atom. The summed E-state index contributed by atoms with van der Waals surface area (Å²) in [4.78, 5) is 2.13. The summed E-state index contributed by atoms with van der Waals surface area (Å²) in [6.07, 6.45) is 0. The first kappa shape index (κ1) is 14.8. The molecule has 0 heterocycles. The summed E-state index contributed by atoms with van der Waals surface area (Å²) in [6.45, 7) is 5.87. The van der Waals surface area contributed by atoms with Crippen LogP contribution >= 0.6 is 0 Å². The normalized spacial score (nSPS) is 12.7. The third-order valence-corrected chi connectivity index (χ3v) is 2.96. The molecule has 0 fully saturated rings. The molecule has 4 heteroatoms. The van der Waals surface area contributed by atoms with Gasteiger partial charge in [-0.3, -0.25) is 4.90 Å². The van der Waals surface area contributed by atoms with E-state index in [0.717, 1.165) is 5.56 Å². The average molecular weight is 253 g/mol. The molecular formula is C14H23NO3. The van der Waals surface area contributed by atoms with Crippen molar-refractivity contribution in [1.82, 2.24) is 4.90 Å². The SMILES string of the molecule is CCOc1cccc(CN(C)C(C)COC)c1O. The van der Waals surface area contributed by atoms with Gasteiger partial charge in [-0.2, -0.15) is 0 Å². The molecule has 4 nitrogen and oxygen atoms in total. The predicted molar refractivity (Wildman–Crippen MR) is 72.1 cm³/mol. The van der Waals surface area contributed by atoms with Crippen molar-refractivity contribution in [1.29, 1.82) is 0 Å². The van der Waals surface area contributed by atoms with Gasteiger partial charge in [-0.05, 0) is 27.0 Å². The van der Waals surface area contributed by atoms with E-state index in [4.69, 9.17) is 9.47 Å². The molecule has 1 aromatic carbocycles. The lowest BCUT2D eigenvalue weighted by molar-refractivity contribution is 0.111. The maximum atomic E-state index is 10.1. The van der Waals surface area contributed by atoms with Crippen LogP contribution in [0.4, 0.5) is 0 Å². The van der Waals surface area contributed by atoms with E-state index in [9.17, 15) is 5.11 Å². The number of benzene rings is 1. The van der Waals surface area contributed by atoms with Gasteiger partial charge in [0.05, 0.1) is 13.2 Å². The molecule has 102 valence electrons. The number of para-hydroxylation sites is 1. The molecule has 0 amide bonds. The average Bonchev–Trinajstić information content (AvgIpc) is 2.34. The van der Waals surface area contributed by atoms with Gasteiger partial charge in [-0.15, -0.1) is 0 Å². The molecule has 1 aromatic rings. The fraction of sp³-hybridized carbons (Fsp3) is 0.571. The van der Waals surface area contributed by atoms with Crippen molar-refractivity contribution in [3.05, 3.63) is 23.8 Å². The summed E-state index contributed by atoms with van der Waals surface area (Å²) in [5, 5.41) is 10.1. The van der Waals surface area contributed by atoms with Crippen molar-refractivity contribution >= 4 is 0 Å². The van der Waals surface area contributed by atoms with Crippen LogP contribution in [0.3, 0.4) is 0 Å². The third kappa shape index (κ3) is 3.89. The molecule has 0 aliphatic carbocycles. The monoisotopic (exact) mass is 253 g/mol. The second-order valence-electron chi connectivity index (χ2n) is 4.42. The Hall–Kier alpha value is -1.26. The molecule has 0 radical (unpaired) electrons. The van der Waals surface area contributed by atoms with Gasteiger partial charge >= 0.3 is 0 Å². The molecular weight excluding hydrogens is 230 g/mol. The van der Waals surface area contributed by atoms with Crippen LogP contribution in [0.2, 0.25) is 0 Å². The highest BCUT2D eigenvalue weighted by atomic mass is 16.5. The molecule has 0 bridgehead atoms. The number of hydrogen-bond acceptors (Lipinski definition) is 4. The fourth-order valence-electron chi connectivity index (χ4n) is 1.76. The Kier molecular flexibility index (Phi) is 5.95. The lowest BCUT2D eigenvalue weighted by Gasteiger charge is -2.24. The van der Waals surface area contributed by atoms with Crippen molar-refractivity contribution in [2.75, 3.05) is 27.4 Å². The second kappa shape index (κ2) is 7.24. The molecule has 18 heavy (non-hydrogen) atoms. The van der Waals surface area contributed by atoms with Crippen LogP contribution in [0.25, 0.3) is 0 Å². The minimum atomic E-state index is 0.232. The zero-order valence-corrected chi connectivity index (χ0v) is 11.6. The summed E-state index contributed by atoms with van der Waals surface area (Å²) in [5.74, 6) is 0.776. The van der Waals surface area contributed by atoms with Crippen LogP contribution in [0.5, 0.6) is 11.5 Å². The van der Waals surface area contributed by atoms with Gasteiger partial charge in [0, 0.05) is 25.3 Å². The van der Waals surface area contributed by atoms with Crippen molar-refractivity contribution in [3.63, 3.8) is 0 Å². The highest BCUT2D eigenvalue weighted by Gasteiger charge is 2.13. The first-order valence-corrected chi connectivity index (χ1v) is 6.23. The standard InChI is InChI=1S/C14H23NO3/c1-5-18-13-8-6-7-12(14(13)16)9-15(3)11(2)10-17-4/h6-8,11,16H,5,9-10H2,1-4H3. The van der Waals surface area contributed by atoms with E-state index in [-0.39, 0.29) is 5.75 Å². The molecule has 0 aliphatic rings. The number of phenols is 1. The molecule has 1 atom stereocenters. The number of likely N-dealkylation sites (N-methyl/N-ethyl adjacent to an activating group) is 1. The Morgan fingerprint density at radius 2 is 2.11 bits per heavy atom. The van der Waals surface area contributed by atoms with E-state index in [0.29, 0.717) is 31.5 Å². The van der Waals surface area contributed by atoms with E-state index in [1.54, 1.807) is 13.2 Å². The number of methoxy groups -OCH3 is 1. The maximum absolute atomic E-state index is 10.1. The van der Waals surface area contributed by atoms with Crippen molar-refractivity contribution < 1.29 is 14.6 Å². The largest absolute Gasteiger partial charge is 0.504 e. The van der Waals surface area contributed by atoms with E-state index < -0.39 is 0 Å². The van der Waals surface area contributed by atoms with Crippen LogP contribution in [0.15, 0.2) is 18.2 Å². The Balaban J connectivity index is 2.75. The molecule has 0 spiro atoms. The summed E-state index contributed by atoms with van der Waals surface area (Å²) < 4.78 is 10.5. The number of nitrogens with zero attached hydrogens (tertiary/aromatic N) is 1. The second-order valence-corrected chi connectivity index (χ2v) is 4.42. The van der Waals surface area contributed by atoms with Gasteiger partial charge in [0.15, 0.2) is 11.5 Å². The number of hydrogen-bond donors (Lipinski definition) is 1. The zero-order chi connectivity index (χ0) is 13.5. The lowest BCUT2D eigenvalue weighted by Crippen LogP contribution is -2.32. The van der Waals surface area contributed by atoms with Crippen molar-refractivity contribution in [2.24, 2.45) is 0 Å². The highest BCUT2D eigenvalue weighted by Crippen LogP contribution is 2.30. The number of aromatic hydroxyl groups is 1. The minimum absolute atomic E-state index is 0.232. The minimum Gasteiger partial charge on any atom is -0.504 e. The van der Waals surface area contributed by atoms with Gasteiger partial charge in [0.2, 0.25) is 0 Å². The van der Waals surface area contributed by atoms with Crippen molar-refractivity contribution in [2.45, 2.75) is 26.4 Å². The summed E-state index contributed by atoms with van der Waals surface area (Å²) in [5.41, 5.74) is 0.867. The topological polar surface area (TPSA) is 41.9 Å². The lowest BCUT2D eigenvalue weighted by atomic mass is 10.1. The first-order valence-electron chi connectivity index (χ1n) is 6.23. The van der Waals surface area contributed by atoms with Gasteiger partial charge in [0.25, 0.3) is 0 Å². The molecule has 0 aliphatic heterocycles. The number of ether oxygens (including phenoxy) is 2. The van der Waals surface area contributed by atoms with Gasteiger partial charge in [-0.1, -0.05) is 12.1 Å². The van der Waals surface area contributed by atoms with Crippen LogP contribution < -0.4 is 4.74 Å². The van der Waals surface area contributed by atoms with E-state index in [1.165, 1.54) is 0 Å². The Morgan fingerprint density at radius 3 is 2.72 bits per heavy atom. The van der Waals surface area contributed by atoms with E-state index in [2.05, 4.69) is 11.8 Å². The van der Waals surface area contributed by atoms with E-state index >= 15 is 0 Å². The molecule has 0 saturated heterocycles. The van der Waals surface area contributed by atoms with Crippen LogP contribution in [-0.4, -0.2) is 43.4 Å². The molecule has 1 N–H and O–H groups in total. The van der Waals surface area contributed by atoms with Gasteiger partial charge in [0.1, 0.15) is 0 Å². The number of rotatable bonds is 7. The first-order chi connectivity index (χ1) is 8.60. The third-order valence-electron chi connectivity index (χ3n) is 2.96. The summed E-state index contributed by atoms with van der Waals surface area (Å²) >= 11 is 0. The van der Waals surface area contributed by atoms with Crippen LogP contribution in [0.1, 0.15) is 19.4 Å². The van der Waals surface area contributed by atoms with E-state index in [1.807, 2.05) is 26.1 Å². The van der Waals surface area contributed by atoms with Crippen LogP contribution in [0, 0.1) is 0 Å². The zero-order valence-electron chi connectivity index (χ0n) is 11.6. The number of phenolic OH excluding ortho intramolecular Hbond substituents is 1. The summed E-state index contributed by atoms with van der Waals surface area (Å²) in [7, 11) is 3.70. The fourth-order valence-corrected chi connectivity index (χ4v) is 1.76. The highest BCUT2D eigenvalue weighted by molar-refractivity contribution is 5.45. The molecule has 1 unspecified atom stereocenters. The summed E-state index contributed by atoms with van der Waals surface area (Å²) in [6, 6.07) is 5.88. The van der Waals surface area contributed by atoms with Gasteiger partial charge in [-0.25, -0.2) is 0 Å². The maximum Gasteiger partial charge on any atom is 0.162 e. The quantitative estimate of drug-likeness (QED) is 0.809. The smallest absolute Gasteiger partial charge is 0.162 e. The van der Waals surface area contributed by atoms with Crippen molar-refractivity contribution in [3.8, 4) is 11.5 Å². The molecule has 0 aromatic heterocycles. The molecule has 1 rings (SSSR count). The molecule has 0 saturated carbocycles. The van der Waals surface area contributed by atoms with Crippen LogP contribution in [-0.2, 0) is 11.3 Å². The predicted octanol–water partition coefficient (Wildman–Crippen LogP) is 2.26. The Bertz CT molecular complexity index is 368. The van der Waals surface area contributed by atoms with Gasteiger partial charge < -0.3 is 14.6 Å².